The molecular formula is C13H17NO4S. The van der Waals surface area contributed by atoms with Crippen LogP contribution >= 0.6 is 11.3 Å². The summed E-state index contributed by atoms with van der Waals surface area (Å²) in [6, 6.07) is 3.95. The fourth-order valence-corrected chi connectivity index (χ4v) is 2.26. The Kier molecular flexibility index (Phi) is 6.21. The lowest BCUT2D eigenvalue weighted by Crippen LogP contribution is -2.40. The Morgan fingerprint density at radius 1 is 1.42 bits per heavy atom. The van der Waals surface area contributed by atoms with E-state index in [1.165, 1.54) is 18.8 Å². The quantitative estimate of drug-likeness (QED) is 0.605. The first-order chi connectivity index (χ1) is 9.04. The lowest BCUT2D eigenvalue weighted by molar-refractivity contribution is -0.160. The molecule has 0 saturated carbocycles. The minimum Gasteiger partial charge on any atom is -0.444 e. The second-order valence-electron chi connectivity index (χ2n) is 4.03. The van der Waals surface area contributed by atoms with Crippen LogP contribution in [0.3, 0.4) is 0 Å². The molecule has 6 heteroatoms. The summed E-state index contributed by atoms with van der Waals surface area (Å²) in [6.07, 6.45) is 0.285. The van der Waals surface area contributed by atoms with Gasteiger partial charge in [0.05, 0.1) is 0 Å². The Morgan fingerprint density at radius 2 is 2.16 bits per heavy atom. The molecule has 0 spiro atoms. The van der Waals surface area contributed by atoms with E-state index in [4.69, 9.17) is 4.74 Å². The highest BCUT2D eigenvalue weighted by atomic mass is 32.1. The van der Waals surface area contributed by atoms with Crippen molar-refractivity contribution in [1.82, 2.24) is 5.32 Å². The van der Waals surface area contributed by atoms with Crippen LogP contribution in [-0.4, -0.2) is 30.8 Å². The topological polar surface area (TPSA) is 72.5 Å². The second-order valence-corrected chi connectivity index (χ2v) is 5.06. The van der Waals surface area contributed by atoms with Crippen molar-refractivity contribution in [3.05, 3.63) is 22.4 Å². The molecule has 104 valence electrons. The molecule has 0 aliphatic heterocycles. The third kappa shape index (κ3) is 5.21. The summed E-state index contributed by atoms with van der Waals surface area (Å²) in [5.74, 6) is -1.61. The first kappa shape index (κ1) is 15.4. The van der Waals surface area contributed by atoms with Gasteiger partial charge < -0.3 is 10.1 Å². The van der Waals surface area contributed by atoms with Crippen LogP contribution in [0.15, 0.2) is 17.5 Å². The van der Waals surface area contributed by atoms with Gasteiger partial charge in [-0.3, -0.25) is 14.4 Å². The highest BCUT2D eigenvalue weighted by Crippen LogP contribution is 2.12. The average molecular weight is 283 g/mol. The van der Waals surface area contributed by atoms with E-state index in [-0.39, 0.29) is 6.42 Å². The van der Waals surface area contributed by atoms with E-state index >= 15 is 0 Å². The monoisotopic (exact) mass is 283 g/mol. The van der Waals surface area contributed by atoms with Gasteiger partial charge in [0, 0.05) is 18.3 Å². The molecule has 1 aromatic rings. The number of hydrogen-bond donors (Lipinski definition) is 1. The molecule has 1 rings (SSSR count). The van der Waals surface area contributed by atoms with Crippen LogP contribution in [0.2, 0.25) is 0 Å². The minimum absolute atomic E-state index is 0.193. The number of Topliss-reactive ketones (excluding diaryl/α,β-unsaturated/α-hetero) is 1. The van der Waals surface area contributed by atoms with E-state index in [0.29, 0.717) is 6.42 Å². The molecule has 19 heavy (non-hydrogen) atoms. The van der Waals surface area contributed by atoms with Gasteiger partial charge in [-0.15, -0.1) is 11.3 Å². The number of esters is 1. The Hall–Kier alpha value is -1.69. The lowest BCUT2D eigenvalue weighted by atomic mass is 10.2. The molecule has 0 saturated heterocycles. The van der Waals surface area contributed by atoms with Crippen molar-refractivity contribution in [3.8, 4) is 0 Å². The number of rotatable bonds is 7. The number of thiophene rings is 1. The molecule has 0 aromatic carbocycles. The second kappa shape index (κ2) is 7.68. The van der Waals surface area contributed by atoms with Crippen molar-refractivity contribution in [3.63, 3.8) is 0 Å². The fraction of sp³-hybridized carbons (Fsp3) is 0.462. The number of likely N-dealkylation sites (N-methyl/N-ethyl adjacent to an activating group) is 1. The maximum atomic E-state index is 11.6. The third-order valence-electron chi connectivity index (χ3n) is 2.49. The van der Waals surface area contributed by atoms with Crippen molar-refractivity contribution in [1.29, 1.82) is 0 Å². The van der Waals surface area contributed by atoms with E-state index < -0.39 is 23.8 Å². The molecule has 1 atom stereocenters. The summed E-state index contributed by atoms with van der Waals surface area (Å²) in [6.45, 7) is 1.22. The number of carbonyl (C=O) groups is 3. The highest BCUT2D eigenvalue weighted by molar-refractivity contribution is 7.09. The number of carbonyl (C=O) groups excluding carboxylic acids is 3. The first-order valence-corrected chi connectivity index (χ1v) is 6.86. The van der Waals surface area contributed by atoms with E-state index in [9.17, 15) is 14.4 Å². The molecule has 0 radical (unpaired) electrons. The predicted molar refractivity (Wildman–Crippen MR) is 71.9 cm³/mol. The molecular weight excluding hydrogens is 266 g/mol. The summed E-state index contributed by atoms with van der Waals surface area (Å²) in [5, 5.41) is 4.27. The summed E-state index contributed by atoms with van der Waals surface area (Å²) in [7, 11) is 1.39. The molecule has 0 fully saturated rings. The maximum absolute atomic E-state index is 11.6. The van der Waals surface area contributed by atoms with Crippen LogP contribution < -0.4 is 5.32 Å². The summed E-state index contributed by atoms with van der Waals surface area (Å²) < 4.78 is 4.89. The normalized spacial score (nSPS) is 11.7. The Labute approximate surface area is 116 Å². The summed E-state index contributed by atoms with van der Waals surface area (Å²) in [4.78, 5) is 35.3. The number of ether oxygens (including phenoxy) is 1. The number of aryl methyl sites for hydroxylation is 1. The molecule has 1 aromatic heterocycles. The molecule has 0 aliphatic carbocycles. The van der Waals surface area contributed by atoms with Gasteiger partial charge in [-0.2, -0.15) is 0 Å². The predicted octanol–water partition coefficient (Wildman–Crippen LogP) is 1.32. The number of amides is 1. The molecule has 0 bridgehead atoms. The van der Waals surface area contributed by atoms with Crippen molar-refractivity contribution >= 4 is 29.0 Å². The average Bonchev–Trinajstić information content (AvgIpc) is 2.87. The van der Waals surface area contributed by atoms with Gasteiger partial charge in [-0.25, -0.2) is 0 Å². The van der Waals surface area contributed by atoms with Gasteiger partial charge >= 0.3 is 5.97 Å². The van der Waals surface area contributed by atoms with E-state index in [1.54, 1.807) is 11.3 Å². The number of nitrogens with one attached hydrogen (secondary N) is 1. The van der Waals surface area contributed by atoms with Gasteiger partial charge in [0.1, 0.15) is 0 Å². The minimum atomic E-state index is -1.33. The molecule has 1 amide bonds. The van der Waals surface area contributed by atoms with Gasteiger partial charge in [-0.05, 0) is 31.2 Å². The smallest absolute Gasteiger partial charge is 0.307 e. The zero-order chi connectivity index (χ0) is 14.3. The standard InChI is InChI=1S/C13H17NO4S/c1-9(15)12(13(17)14-2)18-11(16)7-3-5-10-6-4-8-19-10/h4,6,8,12H,3,5,7H2,1-2H3,(H,14,17). The van der Waals surface area contributed by atoms with Crippen molar-refractivity contribution in [2.75, 3.05) is 7.05 Å². The van der Waals surface area contributed by atoms with E-state index in [1.807, 2.05) is 17.5 Å². The summed E-state index contributed by atoms with van der Waals surface area (Å²) in [5.41, 5.74) is 0. The highest BCUT2D eigenvalue weighted by Gasteiger charge is 2.26. The van der Waals surface area contributed by atoms with E-state index in [0.717, 1.165) is 6.42 Å². The maximum Gasteiger partial charge on any atom is 0.307 e. The molecule has 0 aliphatic rings. The molecule has 1 heterocycles. The van der Waals surface area contributed by atoms with Gasteiger partial charge in [-0.1, -0.05) is 6.07 Å². The zero-order valence-electron chi connectivity index (χ0n) is 11.0. The third-order valence-corrected chi connectivity index (χ3v) is 3.42. The Balaban J connectivity index is 2.36. The van der Waals surface area contributed by atoms with Crippen LogP contribution in [-0.2, 0) is 25.5 Å². The van der Waals surface area contributed by atoms with Crippen LogP contribution in [0.25, 0.3) is 0 Å². The van der Waals surface area contributed by atoms with Gasteiger partial charge in [0.25, 0.3) is 5.91 Å². The zero-order valence-corrected chi connectivity index (χ0v) is 11.8. The molecule has 1 unspecified atom stereocenters. The first-order valence-electron chi connectivity index (χ1n) is 5.98. The van der Waals surface area contributed by atoms with Gasteiger partial charge in [0.15, 0.2) is 5.78 Å². The number of ketones is 1. The summed E-state index contributed by atoms with van der Waals surface area (Å²) >= 11 is 1.63. The molecule has 1 N–H and O–H groups in total. The fourth-order valence-electron chi connectivity index (χ4n) is 1.50. The van der Waals surface area contributed by atoms with Gasteiger partial charge in [0.2, 0.25) is 6.10 Å². The van der Waals surface area contributed by atoms with Crippen molar-refractivity contribution in [2.45, 2.75) is 32.3 Å². The lowest BCUT2D eigenvalue weighted by Gasteiger charge is -2.13. The molecule has 5 nitrogen and oxygen atoms in total. The van der Waals surface area contributed by atoms with Crippen LogP contribution in [0.1, 0.15) is 24.6 Å². The SMILES string of the molecule is CNC(=O)C(OC(=O)CCCc1cccs1)C(C)=O. The van der Waals surface area contributed by atoms with E-state index in [2.05, 4.69) is 5.32 Å². The van der Waals surface area contributed by atoms with Crippen molar-refractivity contribution < 1.29 is 19.1 Å². The van der Waals surface area contributed by atoms with Crippen molar-refractivity contribution in [2.24, 2.45) is 0 Å². The largest absolute Gasteiger partial charge is 0.444 e. The van der Waals surface area contributed by atoms with Crippen LogP contribution in [0, 0.1) is 0 Å². The van der Waals surface area contributed by atoms with Crippen LogP contribution in [0.4, 0.5) is 0 Å². The Morgan fingerprint density at radius 3 is 2.68 bits per heavy atom. The number of hydrogen-bond acceptors (Lipinski definition) is 5. The Bertz CT molecular complexity index is 442. The van der Waals surface area contributed by atoms with Crippen LogP contribution in [0.5, 0.6) is 0 Å².